The van der Waals surface area contributed by atoms with Gasteiger partial charge in [-0.2, -0.15) is 0 Å². The van der Waals surface area contributed by atoms with Crippen molar-refractivity contribution in [1.29, 1.82) is 0 Å². The second-order valence-electron chi connectivity index (χ2n) is 5.55. The minimum Gasteiger partial charge on any atom is -0.355 e. The molecule has 0 radical (unpaired) electrons. The maximum absolute atomic E-state index is 11.9. The van der Waals surface area contributed by atoms with Gasteiger partial charge in [0.15, 0.2) is 15.0 Å². The number of sulfone groups is 1. The van der Waals surface area contributed by atoms with Crippen LogP contribution in [-0.4, -0.2) is 52.4 Å². The first-order valence-corrected chi connectivity index (χ1v) is 10.1. The summed E-state index contributed by atoms with van der Waals surface area (Å²) in [6, 6.07) is 0. The van der Waals surface area contributed by atoms with E-state index in [1.165, 1.54) is 11.8 Å². The van der Waals surface area contributed by atoms with E-state index in [4.69, 9.17) is 0 Å². The van der Waals surface area contributed by atoms with Gasteiger partial charge in [-0.15, -0.1) is 10.2 Å². The third-order valence-electron chi connectivity index (χ3n) is 3.67. The maximum Gasteiger partial charge on any atom is 0.233 e. The van der Waals surface area contributed by atoms with Gasteiger partial charge in [0, 0.05) is 19.5 Å². The molecule has 0 aliphatic carbocycles. The lowest BCUT2D eigenvalue weighted by Gasteiger charge is -2.12. The van der Waals surface area contributed by atoms with Crippen LogP contribution in [0.5, 0.6) is 0 Å². The Hall–Kier alpha value is -1.09. The van der Waals surface area contributed by atoms with E-state index in [1.807, 2.05) is 20.9 Å². The highest BCUT2D eigenvalue weighted by atomic mass is 32.2. The molecule has 124 valence electrons. The van der Waals surface area contributed by atoms with Crippen molar-refractivity contribution in [3.8, 4) is 0 Å². The van der Waals surface area contributed by atoms with Gasteiger partial charge in [0.2, 0.25) is 5.91 Å². The Bertz CT molecular complexity index is 642. The number of amides is 1. The van der Waals surface area contributed by atoms with Crippen LogP contribution in [0, 0.1) is 0 Å². The van der Waals surface area contributed by atoms with Gasteiger partial charge in [0.1, 0.15) is 5.82 Å². The topological polar surface area (TPSA) is 94.0 Å². The molecule has 0 spiro atoms. The zero-order valence-corrected chi connectivity index (χ0v) is 14.7. The Morgan fingerprint density at radius 2 is 2.23 bits per heavy atom. The summed E-state index contributed by atoms with van der Waals surface area (Å²) in [5.74, 6) is 0.907. The summed E-state index contributed by atoms with van der Waals surface area (Å²) in [7, 11) is -1.13. The lowest BCUT2D eigenvalue weighted by molar-refractivity contribution is -0.120. The molecule has 22 heavy (non-hydrogen) atoms. The van der Waals surface area contributed by atoms with E-state index in [-0.39, 0.29) is 28.6 Å². The second-order valence-corrected chi connectivity index (χ2v) is 9.09. The summed E-state index contributed by atoms with van der Waals surface area (Å²) in [5, 5.41) is 11.5. The zero-order chi connectivity index (χ0) is 16.3. The number of aromatic nitrogens is 3. The van der Waals surface area contributed by atoms with Crippen LogP contribution < -0.4 is 5.32 Å². The summed E-state index contributed by atoms with van der Waals surface area (Å²) in [5.41, 5.74) is 0. The Balaban J connectivity index is 2.04. The smallest absolute Gasteiger partial charge is 0.233 e. The van der Waals surface area contributed by atoms with E-state index < -0.39 is 9.84 Å². The summed E-state index contributed by atoms with van der Waals surface area (Å²) >= 11 is 1.34. The van der Waals surface area contributed by atoms with Crippen molar-refractivity contribution < 1.29 is 13.2 Å². The van der Waals surface area contributed by atoms with Crippen LogP contribution in [-0.2, 0) is 21.7 Å². The Labute approximate surface area is 135 Å². The van der Waals surface area contributed by atoms with E-state index in [9.17, 15) is 13.2 Å². The molecule has 1 aromatic rings. The number of nitrogens with zero attached hydrogens (tertiary/aromatic N) is 3. The molecule has 7 nitrogen and oxygen atoms in total. The van der Waals surface area contributed by atoms with E-state index >= 15 is 0 Å². The Kier molecular flexibility index (Phi) is 5.49. The molecule has 2 rings (SSSR count). The van der Waals surface area contributed by atoms with E-state index in [0.29, 0.717) is 23.9 Å². The number of carbonyl (C=O) groups excluding carboxylic acids is 1. The number of nitrogens with one attached hydrogen (secondary N) is 1. The molecule has 0 aromatic carbocycles. The SMILES string of the molecule is CCCNC(=O)[C@@H](C)Sc1nnc([C@@H]2CCS(=O)(=O)C2)n1C. The first kappa shape index (κ1) is 17.3. The fraction of sp³-hybridized carbons (Fsp3) is 0.769. The molecule has 1 fully saturated rings. The highest BCUT2D eigenvalue weighted by Crippen LogP contribution is 2.30. The van der Waals surface area contributed by atoms with Crippen molar-refractivity contribution in [3.63, 3.8) is 0 Å². The van der Waals surface area contributed by atoms with Gasteiger partial charge in [-0.05, 0) is 19.8 Å². The van der Waals surface area contributed by atoms with Gasteiger partial charge in [0.05, 0.1) is 16.8 Å². The van der Waals surface area contributed by atoms with E-state index in [0.717, 1.165) is 6.42 Å². The minimum atomic E-state index is -2.95. The summed E-state index contributed by atoms with van der Waals surface area (Å²) in [6.07, 6.45) is 1.49. The molecule has 1 N–H and O–H groups in total. The number of rotatable bonds is 6. The number of hydrogen-bond acceptors (Lipinski definition) is 6. The molecule has 2 heterocycles. The third-order valence-corrected chi connectivity index (χ3v) is 6.57. The average Bonchev–Trinajstić information content (AvgIpc) is 2.99. The molecule has 0 bridgehead atoms. The quantitative estimate of drug-likeness (QED) is 0.763. The van der Waals surface area contributed by atoms with Crippen LogP contribution in [0.1, 0.15) is 38.4 Å². The van der Waals surface area contributed by atoms with Crippen LogP contribution in [0.2, 0.25) is 0 Å². The first-order valence-electron chi connectivity index (χ1n) is 7.38. The fourth-order valence-electron chi connectivity index (χ4n) is 2.39. The van der Waals surface area contributed by atoms with Crippen LogP contribution in [0.3, 0.4) is 0 Å². The van der Waals surface area contributed by atoms with Crippen molar-refractivity contribution >= 4 is 27.5 Å². The van der Waals surface area contributed by atoms with Gasteiger partial charge in [0.25, 0.3) is 0 Å². The standard InChI is InChI=1S/C13H22N4O3S2/c1-4-6-14-12(18)9(2)21-13-16-15-11(17(13)3)10-5-7-22(19,20)8-10/h9-10H,4-8H2,1-3H3,(H,14,18)/t9-,10-/m1/s1. The molecular weight excluding hydrogens is 324 g/mol. The van der Waals surface area contributed by atoms with Gasteiger partial charge in [-0.3, -0.25) is 4.79 Å². The van der Waals surface area contributed by atoms with Crippen molar-refractivity contribution in [2.45, 2.75) is 43.0 Å². The Morgan fingerprint density at radius 3 is 2.82 bits per heavy atom. The Morgan fingerprint density at radius 1 is 1.50 bits per heavy atom. The predicted molar refractivity (Wildman–Crippen MR) is 85.6 cm³/mol. The van der Waals surface area contributed by atoms with Gasteiger partial charge < -0.3 is 9.88 Å². The molecule has 1 aromatic heterocycles. The zero-order valence-electron chi connectivity index (χ0n) is 13.1. The first-order chi connectivity index (χ1) is 10.3. The van der Waals surface area contributed by atoms with Crippen LogP contribution in [0.25, 0.3) is 0 Å². The molecule has 1 aliphatic rings. The second kappa shape index (κ2) is 6.99. The molecule has 2 atom stereocenters. The molecule has 0 unspecified atom stereocenters. The molecular formula is C13H22N4O3S2. The lowest BCUT2D eigenvalue weighted by Crippen LogP contribution is -2.31. The van der Waals surface area contributed by atoms with Crippen molar-refractivity contribution in [2.75, 3.05) is 18.1 Å². The number of thioether (sulfide) groups is 1. The number of hydrogen-bond donors (Lipinski definition) is 1. The van der Waals surface area contributed by atoms with E-state index in [1.54, 1.807) is 4.57 Å². The largest absolute Gasteiger partial charge is 0.355 e. The van der Waals surface area contributed by atoms with Crippen LogP contribution in [0.4, 0.5) is 0 Å². The highest BCUT2D eigenvalue weighted by Gasteiger charge is 2.33. The highest BCUT2D eigenvalue weighted by molar-refractivity contribution is 8.00. The normalized spacial score (nSPS) is 21.7. The number of carbonyl (C=O) groups is 1. The van der Waals surface area contributed by atoms with Crippen LogP contribution >= 0.6 is 11.8 Å². The molecule has 0 saturated carbocycles. The molecule has 1 saturated heterocycles. The minimum absolute atomic E-state index is 0.0279. The summed E-state index contributed by atoms with van der Waals surface area (Å²) < 4.78 is 25.0. The lowest BCUT2D eigenvalue weighted by atomic mass is 10.1. The van der Waals surface area contributed by atoms with Gasteiger partial charge in [-0.25, -0.2) is 8.42 Å². The predicted octanol–water partition coefficient (Wildman–Crippen LogP) is 0.724. The molecule has 1 aliphatic heterocycles. The molecule has 1 amide bonds. The van der Waals surface area contributed by atoms with Crippen molar-refractivity contribution in [2.24, 2.45) is 7.05 Å². The summed E-state index contributed by atoms with van der Waals surface area (Å²) in [4.78, 5) is 11.9. The van der Waals surface area contributed by atoms with E-state index in [2.05, 4.69) is 15.5 Å². The van der Waals surface area contributed by atoms with Crippen LogP contribution in [0.15, 0.2) is 5.16 Å². The monoisotopic (exact) mass is 346 g/mol. The maximum atomic E-state index is 11.9. The van der Waals surface area contributed by atoms with Gasteiger partial charge >= 0.3 is 0 Å². The summed E-state index contributed by atoms with van der Waals surface area (Å²) in [6.45, 7) is 4.49. The molecule has 9 heteroatoms. The van der Waals surface area contributed by atoms with Gasteiger partial charge in [-0.1, -0.05) is 18.7 Å². The average molecular weight is 346 g/mol. The fourth-order valence-corrected chi connectivity index (χ4v) is 4.97. The van der Waals surface area contributed by atoms with Crippen molar-refractivity contribution in [1.82, 2.24) is 20.1 Å². The van der Waals surface area contributed by atoms with Crippen molar-refractivity contribution in [3.05, 3.63) is 5.82 Å². The third kappa shape index (κ3) is 4.01.